The van der Waals surface area contributed by atoms with Gasteiger partial charge >= 0.3 is 0 Å². The molecule has 0 unspecified atom stereocenters. The van der Waals surface area contributed by atoms with E-state index in [1.54, 1.807) is 12.3 Å². The van der Waals surface area contributed by atoms with Crippen LogP contribution < -0.4 is 15.5 Å². The number of halogens is 1. The number of hydrogen-bond donors (Lipinski definition) is 2. The summed E-state index contributed by atoms with van der Waals surface area (Å²) in [5.74, 6) is 1.72. The minimum atomic E-state index is -0.374. The van der Waals surface area contributed by atoms with Gasteiger partial charge in [-0.2, -0.15) is 0 Å². The largest absolute Gasteiger partial charge is 0.461 e. The number of para-hydroxylation sites is 1. The van der Waals surface area contributed by atoms with Crippen molar-refractivity contribution in [3.05, 3.63) is 53.9 Å². The molecule has 4 heterocycles. The second-order valence-electron chi connectivity index (χ2n) is 8.48. The van der Waals surface area contributed by atoms with Gasteiger partial charge in [-0.25, -0.2) is 19.3 Å². The average molecular weight is 449 g/mol. The lowest BCUT2D eigenvalue weighted by molar-refractivity contribution is -0.119. The summed E-state index contributed by atoms with van der Waals surface area (Å²) < 4.78 is 19.5. The van der Waals surface area contributed by atoms with E-state index in [1.807, 2.05) is 32.0 Å². The van der Waals surface area contributed by atoms with E-state index in [-0.39, 0.29) is 23.8 Å². The molecule has 8 nitrogen and oxygen atoms in total. The summed E-state index contributed by atoms with van der Waals surface area (Å²) >= 11 is 0. The quantitative estimate of drug-likeness (QED) is 0.474. The number of carbonyl (C=O) groups is 1. The third-order valence-corrected chi connectivity index (χ3v) is 6.00. The van der Waals surface area contributed by atoms with Crippen molar-refractivity contribution in [2.24, 2.45) is 0 Å². The summed E-state index contributed by atoms with van der Waals surface area (Å²) in [5.41, 5.74) is 2.10. The zero-order valence-corrected chi connectivity index (χ0v) is 18.7. The van der Waals surface area contributed by atoms with Crippen molar-refractivity contribution in [2.45, 2.75) is 39.3 Å². The van der Waals surface area contributed by atoms with Gasteiger partial charge in [0.05, 0.1) is 23.1 Å². The molecule has 1 amide bonds. The SMILES string of the molecule is CC(=O)N[C@@H]1CCN(c2cc3c(N[C@@H](C)c4cccc5c(F)coc45)nc(C)nc3cn2)C1. The molecule has 170 valence electrons. The van der Waals surface area contributed by atoms with Crippen LogP contribution >= 0.6 is 0 Å². The topological polar surface area (TPSA) is 96.2 Å². The zero-order valence-electron chi connectivity index (χ0n) is 18.7. The number of benzene rings is 1. The van der Waals surface area contributed by atoms with Crippen LogP contribution in [0, 0.1) is 12.7 Å². The van der Waals surface area contributed by atoms with Gasteiger partial charge < -0.3 is 20.0 Å². The first-order valence-electron chi connectivity index (χ1n) is 11.0. The van der Waals surface area contributed by atoms with Crippen LogP contribution in [-0.2, 0) is 4.79 Å². The number of aromatic nitrogens is 3. The van der Waals surface area contributed by atoms with Gasteiger partial charge in [0.25, 0.3) is 0 Å². The summed E-state index contributed by atoms with van der Waals surface area (Å²) in [5, 5.41) is 7.74. The molecular weight excluding hydrogens is 423 g/mol. The van der Waals surface area contributed by atoms with E-state index in [9.17, 15) is 9.18 Å². The molecule has 2 N–H and O–H groups in total. The first kappa shape index (κ1) is 21.1. The molecule has 4 aromatic rings. The Hall–Kier alpha value is -3.75. The first-order valence-corrected chi connectivity index (χ1v) is 11.0. The number of pyridine rings is 1. The van der Waals surface area contributed by atoms with E-state index in [4.69, 9.17) is 4.42 Å². The molecular formula is C24H25FN6O2. The summed E-state index contributed by atoms with van der Waals surface area (Å²) in [6.07, 6.45) is 3.76. The summed E-state index contributed by atoms with van der Waals surface area (Å²) in [6.45, 7) is 6.87. The lowest BCUT2D eigenvalue weighted by Crippen LogP contribution is -2.35. The number of rotatable bonds is 5. The maximum atomic E-state index is 14.0. The van der Waals surface area contributed by atoms with Crippen molar-refractivity contribution in [2.75, 3.05) is 23.3 Å². The number of furan rings is 1. The Morgan fingerprint density at radius 2 is 2.15 bits per heavy atom. The van der Waals surface area contributed by atoms with Gasteiger partial charge in [0.1, 0.15) is 29.3 Å². The number of carbonyl (C=O) groups excluding carboxylic acids is 1. The third-order valence-electron chi connectivity index (χ3n) is 6.00. The summed E-state index contributed by atoms with van der Waals surface area (Å²) in [7, 11) is 0. The van der Waals surface area contributed by atoms with Gasteiger partial charge in [-0.1, -0.05) is 12.1 Å². The molecule has 2 atom stereocenters. The number of nitrogens with zero attached hydrogens (tertiary/aromatic N) is 4. The van der Waals surface area contributed by atoms with Gasteiger partial charge in [-0.3, -0.25) is 4.79 Å². The fraction of sp³-hybridized carbons (Fsp3) is 0.333. The fourth-order valence-electron chi connectivity index (χ4n) is 4.47. The molecule has 5 rings (SSSR count). The maximum Gasteiger partial charge on any atom is 0.217 e. The number of nitrogens with one attached hydrogen (secondary N) is 2. The highest BCUT2D eigenvalue weighted by Crippen LogP contribution is 2.32. The molecule has 0 saturated carbocycles. The zero-order chi connectivity index (χ0) is 23.1. The monoisotopic (exact) mass is 448 g/mol. The smallest absolute Gasteiger partial charge is 0.217 e. The number of amides is 1. The summed E-state index contributed by atoms with van der Waals surface area (Å²) in [4.78, 5) is 27.3. The van der Waals surface area contributed by atoms with E-state index in [0.717, 1.165) is 41.5 Å². The number of anilines is 2. The molecule has 1 aromatic carbocycles. The molecule has 1 saturated heterocycles. The van der Waals surface area contributed by atoms with E-state index < -0.39 is 0 Å². The van der Waals surface area contributed by atoms with Gasteiger partial charge in [0, 0.05) is 37.0 Å². The normalized spacial score (nSPS) is 17.0. The van der Waals surface area contributed by atoms with Gasteiger partial charge in [0.2, 0.25) is 5.91 Å². The Morgan fingerprint density at radius 1 is 1.30 bits per heavy atom. The van der Waals surface area contributed by atoms with E-state index in [2.05, 4.69) is 30.5 Å². The van der Waals surface area contributed by atoms with Crippen molar-refractivity contribution < 1.29 is 13.6 Å². The van der Waals surface area contributed by atoms with Gasteiger partial charge in [-0.05, 0) is 32.4 Å². The van der Waals surface area contributed by atoms with Crippen LogP contribution in [0.25, 0.3) is 21.9 Å². The molecule has 1 aliphatic heterocycles. The Bertz CT molecular complexity index is 1350. The predicted molar refractivity (Wildman–Crippen MR) is 125 cm³/mol. The lowest BCUT2D eigenvalue weighted by Gasteiger charge is -2.20. The fourth-order valence-corrected chi connectivity index (χ4v) is 4.47. The molecule has 1 fully saturated rings. The lowest BCUT2D eigenvalue weighted by atomic mass is 10.1. The van der Waals surface area contributed by atoms with E-state index >= 15 is 0 Å². The molecule has 3 aromatic heterocycles. The third kappa shape index (κ3) is 4.06. The van der Waals surface area contributed by atoms with Gasteiger partial charge in [0.15, 0.2) is 5.82 Å². The second kappa shape index (κ2) is 8.31. The molecule has 9 heteroatoms. The molecule has 0 radical (unpaired) electrons. The van der Waals surface area contributed by atoms with Crippen molar-refractivity contribution in [3.8, 4) is 0 Å². The van der Waals surface area contributed by atoms with E-state index in [1.165, 1.54) is 6.92 Å². The molecule has 33 heavy (non-hydrogen) atoms. The Kier molecular flexibility index (Phi) is 5.32. The minimum absolute atomic E-state index is 0.0240. The van der Waals surface area contributed by atoms with Crippen molar-refractivity contribution in [3.63, 3.8) is 0 Å². The Labute approximate surface area is 190 Å². The van der Waals surface area contributed by atoms with Crippen molar-refractivity contribution in [1.82, 2.24) is 20.3 Å². The molecule has 0 aliphatic carbocycles. The number of aryl methyl sites for hydroxylation is 1. The van der Waals surface area contributed by atoms with Gasteiger partial charge in [-0.15, -0.1) is 0 Å². The summed E-state index contributed by atoms with van der Waals surface area (Å²) in [6, 6.07) is 7.34. The predicted octanol–water partition coefficient (Wildman–Crippen LogP) is 4.11. The van der Waals surface area contributed by atoms with E-state index in [0.29, 0.717) is 29.2 Å². The molecule has 0 spiro atoms. The van der Waals surface area contributed by atoms with Crippen LogP contribution in [0.3, 0.4) is 0 Å². The Morgan fingerprint density at radius 3 is 2.97 bits per heavy atom. The highest BCUT2D eigenvalue weighted by atomic mass is 19.1. The van der Waals surface area contributed by atoms with Crippen LogP contribution in [0.5, 0.6) is 0 Å². The highest BCUT2D eigenvalue weighted by Gasteiger charge is 2.25. The van der Waals surface area contributed by atoms with Crippen LogP contribution in [0.4, 0.5) is 16.0 Å². The molecule has 1 aliphatic rings. The van der Waals surface area contributed by atoms with Crippen LogP contribution in [0.15, 0.2) is 41.1 Å². The minimum Gasteiger partial charge on any atom is -0.461 e. The second-order valence-corrected chi connectivity index (χ2v) is 8.48. The molecule has 0 bridgehead atoms. The first-order chi connectivity index (χ1) is 15.9. The van der Waals surface area contributed by atoms with Crippen LogP contribution in [0.1, 0.15) is 37.7 Å². The number of fused-ring (bicyclic) bond motifs is 2. The van der Waals surface area contributed by atoms with Crippen molar-refractivity contribution in [1.29, 1.82) is 0 Å². The maximum absolute atomic E-state index is 14.0. The highest BCUT2D eigenvalue weighted by molar-refractivity contribution is 5.91. The van der Waals surface area contributed by atoms with Crippen molar-refractivity contribution >= 4 is 39.4 Å². The van der Waals surface area contributed by atoms with Crippen LogP contribution in [0.2, 0.25) is 0 Å². The standard InChI is InChI=1S/C24H25FN6O2/c1-13(17-5-4-6-18-20(25)12-33-23(17)18)27-24-19-9-22(26-10-21(19)28-14(2)29-24)31-8-7-16(11-31)30-15(3)32/h4-6,9-10,12-13,16H,7-8,11H2,1-3H3,(H,30,32)(H,27,28,29)/t13-,16+/m0/s1. The number of hydrogen-bond acceptors (Lipinski definition) is 7. The van der Waals surface area contributed by atoms with Crippen LogP contribution in [-0.4, -0.2) is 40.0 Å². The Balaban J connectivity index is 1.47. The average Bonchev–Trinajstić information content (AvgIpc) is 3.39.